The number of aliphatic carboxylic acids is 1. The molecule has 2 fully saturated rings. The second kappa shape index (κ2) is 6.60. The van der Waals surface area contributed by atoms with Crippen LogP contribution < -0.4 is 5.32 Å². The predicted molar refractivity (Wildman–Crippen MR) is 87.0 cm³/mol. The Morgan fingerprint density at radius 1 is 1.13 bits per heavy atom. The van der Waals surface area contributed by atoms with Crippen LogP contribution in [0.1, 0.15) is 44.2 Å². The van der Waals surface area contributed by atoms with E-state index in [4.69, 9.17) is 5.11 Å². The number of carboxylic acids is 1. The summed E-state index contributed by atoms with van der Waals surface area (Å²) in [5.41, 5.74) is 1.18. The van der Waals surface area contributed by atoms with Crippen LogP contribution in [0, 0.1) is 11.8 Å². The Morgan fingerprint density at radius 2 is 1.78 bits per heavy atom. The summed E-state index contributed by atoms with van der Waals surface area (Å²) in [5.74, 6) is -0.495. The number of urea groups is 1. The lowest BCUT2D eigenvalue weighted by molar-refractivity contribution is -0.142. The zero-order valence-corrected chi connectivity index (χ0v) is 13.4. The molecule has 1 aliphatic carbocycles. The summed E-state index contributed by atoms with van der Waals surface area (Å²) in [6.07, 6.45) is 2.81. The minimum atomic E-state index is -0.713. The summed E-state index contributed by atoms with van der Waals surface area (Å²) in [6.45, 7) is 2.94. The number of nitrogens with one attached hydrogen (secondary N) is 1. The first kappa shape index (κ1) is 15.8. The van der Waals surface area contributed by atoms with E-state index in [0.29, 0.717) is 18.8 Å². The van der Waals surface area contributed by atoms with Gasteiger partial charge in [0.1, 0.15) is 0 Å². The van der Waals surface area contributed by atoms with Gasteiger partial charge in [0.15, 0.2) is 0 Å². The molecule has 1 saturated heterocycles. The summed E-state index contributed by atoms with van der Waals surface area (Å²) in [7, 11) is 0. The fourth-order valence-electron chi connectivity index (χ4n) is 3.80. The van der Waals surface area contributed by atoms with Gasteiger partial charge in [0.2, 0.25) is 0 Å². The molecule has 1 saturated carbocycles. The first-order valence-electron chi connectivity index (χ1n) is 8.41. The zero-order valence-electron chi connectivity index (χ0n) is 13.4. The molecule has 2 aliphatic rings. The number of nitrogens with zero attached hydrogens (tertiary/aromatic N) is 1. The standard InChI is InChI=1S/C18H24N2O3/c1-12-11-20(16(12)13-5-3-2-4-6-13)18(23)19-15-9-7-14(8-10-15)17(21)22/h2-6,12,14-16H,7-11H2,1H3,(H,19,23)(H,21,22). The highest BCUT2D eigenvalue weighted by Gasteiger charge is 2.40. The van der Waals surface area contributed by atoms with Gasteiger partial charge in [-0.1, -0.05) is 37.3 Å². The predicted octanol–water partition coefficient (Wildman–Crippen LogP) is 3.03. The van der Waals surface area contributed by atoms with Crippen molar-refractivity contribution in [3.63, 3.8) is 0 Å². The summed E-state index contributed by atoms with van der Waals surface area (Å²) in [5, 5.41) is 12.1. The fraction of sp³-hybridized carbons (Fsp3) is 0.556. The first-order chi connectivity index (χ1) is 11.1. The van der Waals surface area contributed by atoms with Crippen LogP contribution in [-0.2, 0) is 4.79 Å². The number of amides is 2. The quantitative estimate of drug-likeness (QED) is 0.900. The maximum absolute atomic E-state index is 12.5. The van der Waals surface area contributed by atoms with Gasteiger partial charge < -0.3 is 15.3 Å². The van der Waals surface area contributed by atoms with Crippen molar-refractivity contribution in [3.8, 4) is 0 Å². The molecule has 1 aromatic carbocycles. The molecule has 1 aliphatic heterocycles. The Balaban J connectivity index is 1.56. The molecule has 0 bridgehead atoms. The SMILES string of the molecule is CC1CN(C(=O)NC2CCC(C(=O)O)CC2)C1c1ccccc1. The van der Waals surface area contributed by atoms with Crippen LogP contribution in [0.4, 0.5) is 4.79 Å². The van der Waals surface area contributed by atoms with Gasteiger partial charge >= 0.3 is 12.0 Å². The van der Waals surface area contributed by atoms with E-state index in [2.05, 4.69) is 24.4 Å². The topological polar surface area (TPSA) is 69.6 Å². The number of hydrogen-bond acceptors (Lipinski definition) is 2. The van der Waals surface area contributed by atoms with Crippen molar-refractivity contribution in [1.82, 2.24) is 10.2 Å². The molecule has 2 N–H and O–H groups in total. The van der Waals surface area contributed by atoms with Gasteiger partial charge in [-0.25, -0.2) is 4.79 Å². The van der Waals surface area contributed by atoms with Crippen molar-refractivity contribution in [2.45, 2.75) is 44.7 Å². The number of carboxylic acid groups (broad SMARTS) is 1. The molecule has 2 unspecified atom stereocenters. The number of hydrogen-bond donors (Lipinski definition) is 2. The van der Waals surface area contributed by atoms with Crippen molar-refractivity contribution >= 4 is 12.0 Å². The van der Waals surface area contributed by atoms with Gasteiger partial charge in [-0.15, -0.1) is 0 Å². The Hall–Kier alpha value is -2.04. The molecule has 1 aromatic rings. The third-order valence-corrected chi connectivity index (χ3v) is 5.17. The van der Waals surface area contributed by atoms with E-state index in [1.54, 1.807) is 0 Å². The Bertz CT molecular complexity index is 567. The number of carbonyl (C=O) groups excluding carboxylic acids is 1. The lowest BCUT2D eigenvalue weighted by Gasteiger charge is -2.47. The third kappa shape index (κ3) is 3.33. The van der Waals surface area contributed by atoms with Crippen LogP contribution >= 0.6 is 0 Å². The normalized spacial score (nSPS) is 30.4. The van der Waals surface area contributed by atoms with Gasteiger partial charge in [0.05, 0.1) is 12.0 Å². The lowest BCUT2D eigenvalue weighted by atomic mass is 9.84. The van der Waals surface area contributed by atoms with Crippen molar-refractivity contribution in [2.24, 2.45) is 11.8 Å². The molecule has 1 heterocycles. The highest BCUT2D eigenvalue weighted by Crippen LogP contribution is 2.38. The molecular formula is C18H24N2O3. The minimum Gasteiger partial charge on any atom is -0.481 e. The maximum atomic E-state index is 12.5. The summed E-state index contributed by atoms with van der Waals surface area (Å²) >= 11 is 0. The molecule has 3 rings (SSSR count). The highest BCUT2D eigenvalue weighted by atomic mass is 16.4. The van der Waals surface area contributed by atoms with Crippen molar-refractivity contribution in [2.75, 3.05) is 6.54 Å². The van der Waals surface area contributed by atoms with Crippen LogP contribution in [0.3, 0.4) is 0 Å². The van der Waals surface area contributed by atoms with Gasteiger partial charge in [0.25, 0.3) is 0 Å². The van der Waals surface area contributed by atoms with Gasteiger partial charge in [-0.05, 0) is 37.2 Å². The van der Waals surface area contributed by atoms with Gasteiger partial charge in [0, 0.05) is 12.6 Å². The van der Waals surface area contributed by atoms with E-state index in [-0.39, 0.29) is 24.0 Å². The van der Waals surface area contributed by atoms with Crippen LogP contribution in [0.25, 0.3) is 0 Å². The number of benzene rings is 1. The number of carbonyl (C=O) groups is 2. The lowest BCUT2D eigenvalue weighted by Crippen LogP contribution is -2.56. The van der Waals surface area contributed by atoms with E-state index in [0.717, 1.165) is 19.4 Å². The monoisotopic (exact) mass is 316 g/mol. The molecular weight excluding hydrogens is 292 g/mol. The van der Waals surface area contributed by atoms with E-state index in [9.17, 15) is 9.59 Å². The Kier molecular flexibility index (Phi) is 4.55. The van der Waals surface area contributed by atoms with Crippen LogP contribution in [0.5, 0.6) is 0 Å². The van der Waals surface area contributed by atoms with Crippen molar-refractivity contribution in [3.05, 3.63) is 35.9 Å². The average Bonchev–Trinajstić information content (AvgIpc) is 2.54. The van der Waals surface area contributed by atoms with E-state index >= 15 is 0 Å². The van der Waals surface area contributed by atoms with E-state index < -0.39 is 5.97 Å². The zero-order chi connectivity index (χ0) is 16.4. The molecule has 0 spiro atoms. The van der Waals surface area contributed by atoms with Crippen LogP contribution in [-0.4, -0.2) is 34.6 Å². The summed E-state index contributed by atoms with van der Waals surface area (Å²) in [6, 6.07) is 10.4. The second-order valence-electron chi connectivity index (χ2n) is 6.82. The molecule has 2 atom stereocenters. The second-order valence-corrected chi connectivity index (χ2v) is 6.82. The third-order valence-electron chi connectivity index (χ3n) is 5.17. The molecule has 23 heavy (non-hydrogen) atoms. The van der Waals surface area contributed by atoms with Gasteiger partial charge in [-0.2, -0.15) is 0 Å². The number of rotatable bonds is 3. The highest BCUT2D eigenvalue weighted by molar-refractivity contribution is 5.76. The Labute approximate surface area is 136 Å². The molecule has 5 heteroatoms. The fourth-order valence-corrected chi connectivity index (χ4v) is 3.80. The van der Waals surface area contributed by atoms with E-state index in [1.807, 2.05) is 23.1 Å². The molecule has 0 radical (unpaired) electrons. The molecule has 5 nitrogen and oxygen atoms in total. The van der Waals surface area contributed by atoms with E-state index in [1.165, 1.54) is 5.56 Å². The summed E-state index contributed by atoms with van der Waals surface area (Å²) < 4.78 is 0. The summed E-state index contributed by atoms with van der Waals surface area (Å²) in [4.78, 5) is 25.4. The molecule has 0 aromatic heterocycles. The molecule has 2 amide bonds. The minimum absolute atomic E-state index is 0.0178. The van der Waals surface area contributed by atoms with Crippen molar-refractivity contribution < 1.29 is 14.7 Å². The smallest absolute Gasteiger partial charge is 0.318 e. The Morgan fingerprint density at radius 3 is 2.35 bits per heavy atom. The van der Waals surface area contributed by atoms with Crippen LogP contribution in [0.15, 0.2) is 30.3 Å². The number of likely N-dealkylation sites (tertiary alicyclic amines) is 1. The largest absolute Gasteiger partial charge is 0.481 e. The average molecular weight is 316 g/mol. The maximum Gasteiger partial charge on any atom is 0.318 e. The van der Waals surface area contributed by atoms with Crippen LogP contribution in [0.2, 0.25) is 0 Å². The van der Waals surface area contributed by atoms with Crippen molar-refractivity contribution in [1.29, 1.82) is 0 Å². The first-order valence-corrected chi connectivity index (χ1v) is 8.41. The van der Waals surface area contributed by atoms with Gasteiger partial charge in [-0.3, -0.25) is 4.79 Å². The molecule has 124 valence electrons.